The van der Waals surface area contributed by atoms with Crippen LogP contribution in [0.4, 0.5) is 5.69 Å². The highest BCUT2D eigenvalue weighted by molar-refractivity contribution is 5.88. The van der Waals surface area contributed by atoms with Gasteiger partial charge in [0.15, 0.2) is 0 Å². The van der Waals surface area contributed by atoms with Gasteiger partial charge in [0.2, 0.25) is 0 Å². The summed E-state index contributed by atoms with van der Waals surface area (Å²) in [4.78, 5) is 20.3. The number of nitro groups is 1. The van der Waals surface area contributed by atoms with Gasteiger partial charge in [-0.15, -0.1) is 12.4 Å². The molecule has 0 atom stereocenters. The second-order valence-corrected chi connectivity index (χ2v) is 3.52. The second kappa shape index (κ2) is 10.3. The van der Waals surface area contributed by atoms with Crippen molar-refractivity contribution < 1.29 is 14.8 Å². The van der Waals surface area contributed by atoms with E-state index >= 15 is 0 Å². The molecule has 2 N–H and O–H groups in total. The second-order valence-electron chi connectivity index (χ2n) is 3.52. The zero-order valence-electron chi connectivity index (χ0n) is 11.2. The minimum absolute atomic E-state index is 0. The molecule has 0 saturated carbocycles. The van der Waals surface area contributed by atoms with Crippen LogP contribution in [0.15, 0.2) is 18.2 Å². The Balaban J connectivity index is 0. The lowest BCUT2D eigenvalue weighted by Crippen LogP contribution is -2.09. The van der Waals surface area contributed by atoms with Gasteiger partial charge in [0.05, 0.1) is 10.5 Å². The first-order chi connectivity index (χ1) is 8.43. The standard InChI is InChI=1S/C8H7NO4.C4H11N.ClH/c1-5-2-3-6(8(10)11)4-7(5)9(12)13;1-3-5-4-2;/h2-4H,1H3,(H,10,11);5H,3-4H2,1-2H3;1H. The van der Waals surface area contributed by atoms with Gasteiger partial charge in [0, 0.05) is 11.6 Å². The minimum atomic E-state index is -1.16. The van der Waals surface area contributed by atoms with Crippen LogP contribution in [0.25, 0.3) is 0 Å². The Hall–Kier alpha value is -1.66. The molecule has 7 heteroatoms. The number of carboxylic acids is 1. The first-order valence-corrected chi connectivity index (χ1v) is 5.63. The summed E-state index contributed by atoms with van der Waals surface area (Å²) in [6, 6.07) is 3.81. The van der Waals surface area contributed by atoms with E-state index in [4.69, 9.17) is 5.11 Å². The van der Waals surface area contributed by atoms with Gasteiger partial charge in [-0.3, -0.25) is 10.1 Å². The Kier molecular flexibility index (Phi) is 10.6. The van der Waals surface area contributed by atoms with Crippen LogP contribution in [0.1, 0.15) is 29.8 Å². The van der Waals surface area contributed by atoms with E-state index in [0.717, 1.165) is 19.2 Å². The van der Waals surface area contributed by atoms with Crippen molar-refractivity contribution in [3.8, 4) is 0 Å². The molecule has 0 aliphatic rings. The fraction of sp³-hybridized carbons (Fsp3) is 0.417. The molecule has 0 radical (unpaired) electrons. The fourth-order valence-corrected chi connectivity index (χ4v) is 1.19. The lowest BCUT2D eigenvalue weighted by molar-refractivity contribution is -0.385. The summed E-state index contributed by atoms with van der Waals surface area (Å²) in [6.45, 7) is 7.95. The van der Waals surface area contributed by atoms with Crippen molar-refractivity contribution in [3.05, 3.63) is 39.4 Å². The van der Waals surface area contributed by atoms with E-state index in [0.29, 0.717) is 5.56 Å². The topological polar surface area (TPSA) is 92.5 Å². The summed E-state index contributed by atoms with van der Waals surface area (Å²) in [6.07, 6.45) is 0. The van der Waals surface area contributed by atoms with Crippen molar-refractivity contribution in [2.45, 2.75) is 20.8 Å². The molecule has 0 aliphatic carbocycles. The van der Waals surface area contributed by atoms with E-state index in [1.54, 1.807) is 6.92 Å². The third-order valence-electron chi connectivity index (χ3n) is 2.15. The van der Waals surface area contributed by atoms with Crippen molar-refractivity contribution in [3.63, 3.8) is 0 Å². The van der Waals surface area contributed by atoms with Crippen LogP contribution in [0, 0.1) is 17.0 Å². The Morgan fingerprint density at radius 1 is 1.37 bits per heavy atom. The summed E-state index contributed by atoms with van der Waals surface area (Å²) >= 11 is 0. The number of nitrogens with one attached hydrogen (secondary N) is 1. The summed E-state index contributed by atoms with van der Waals surface area (Å²) in [5.74, 6) is -1.16. The van der Waals surface area contributed by atoms with Crippen LogP contribution in [-0.4, -0.2) is 29.1 Å². The molecule has 6 nitrogen and oxygen atoms in total. The number of carboxylic acid groups (broad SMARTS) is 1. The molecule has 108 valence electrons. The van der Waals surface area contributed by atoms with Crippen molar-refractivity contribution in [2.24, 2.45) is 0 Å². The van der Waals surface area contributed by atoms with Gasteiger partial charge in [0.25, 0.3) is 5.69 Å². The van der Waals surface area contributed by atoms with Crippen LogP contribution < -0.4 is 5.32 Å². The first-order valence-electron chi connectivity index (χ1n) is 5.63. The number of halogens is 1. The van der Waals surface area contributed by atoms with Crippen molar-refractivity contribution in [2.75, 3.05) is 13.1 Å². The van der Waals surface area contributed by atoms with E-state index in [9.17, 15) is 14.9 Å². The molecule has 0 bridgehead atoms. The molecule has 0 aliphatic heterocycles. The van der Waals surface area contributed by atoms with Crippen molar-refractivity contribution in [1.29, 1.82) is 0 Å². The zero-order valence-corrected chi connectivity index (χ0v) is 12.0. The predicted molar refractivity (Wildman–Crippen MR) is 76.3 cm³/mol. The summed E-state index contributed by atoms with van der Waals surface area (Å²) in [5.41, 5.74) is 0.215. The number of hydrogen-bond acceptors (Lipinski definition) is 4. The highest BCUT2D eigenvalue weighted by Crippen LogP contribution is 2.18. The van der Waals surface area contributed by atoms with Gasteiger partial charge < -0.3 is 10.4 Å². The van der Waals surface area contributed by atoms with E-state index < -0.39 is 10.9 Å². The van der Waals surface area contributed by atoms with E-state index in [1.165, 1.54) is 12.1 Å². The Morgan fingerprint density at radius 2 is 1.89 bits per heavy atom. The number of carbonyl (C=O) groups is 1. The SMILES string of the molecule is CCNCC.Cc1ccc(C(=O)O)cc1[N+](=O)[O-].Cl. The van der Waals surface area contributed by atoms with E-state index in [2.05, 4.69) is 19.2 Å². The lowest BCUT2D eigenvalue weighted by atomic mass is 10.1. The van der Waals surface area contributed by atoms with Crippen LogP contribution in [0.3, 0.4) is 0 Å². The van der Waals surface area contributed by atoms with Crippen molar-refractivity contribution >= 4 is 24.1 Å². The molecule has 0 fully saturated rings. The predicted octanol–water partition coefficient (Wildman–Crippen LogP) is 2.64. The van der Waals surface area contributed by atoms with Gasteiger partial charge >= 0.3 is 5.97 Å². The summed E-state index contributed by atoms with van der Waals surface area (Å²) in [7, 11) is 0. The number of benzene rings is 1. The van der Waals surface area contributed by atoms with Gasteiger partial charge in [-0.05, 0) is 26.1 Å². The molecule has 0 saturated heterocycles. The molecule has 0 unspecified atom stereocenters. The highest BCUT2D eigenvalue weighted by atomic mass is 35.5. The number of aromatic carboxylic acids is 1. The smallest absolute Gasteiger partial charge is 0.335 e. The molecule has 19 heavy (non-hydrogen) atoms. The number of nitro benzene ring substituents is 1. The van der Waals surface area contributed by atoms with Gasteiger partial charge in [-0.1, -0.05) is 19.9 Å². The van der Waals surface area contributed by atoms with Gasteiger partial charge in [0.1, 0.15) is 0 Å². The van der Waals surface area contributed by atoms with Crippen molar-refractivity contribution in [1.82, 2.24) is 5.32 Å². The van der Waals surface area contributed by atoms with E-state index in [1.807, 2.05) is 0 Å². The summed E-state index contributed by atoms with van der Waals surface area (Å²) < 4.78 is 0. The molecule has 1 aromatic carbocycles. The maximum absolute atomic E-state index is 10.5. The number of hydrogen-bond donors (Lipinski definition) is 2. The highest BCUT2D eigenvalue weighted by Gasteiger charge is 2.13. The molecule has 1 rings (SSSR count). The Bertz CT molecular complexity index is 422. The maximum Gasteiger partial charge on any atom is 0.335 e. The number of rotatable bonds is 4. The fourth-order valence-electron chi connectivity index (χ4n) is 1.19. The average Bonchev–Trinajstić information content (AvgIpc) is 2.30. The zero-order chi connectivity index (χ0) is 14.1. The van der Waals surface area contributed by atoms with Crippen LogP contribution >= 0.6 is 12.4 Å². The number of nitrogens with zero attached hydrogens (tertiary/aromatic N) is 1. The molecule has 0 heterocycles. The van der Waals surface area contributed by atoms with E-state index in [-0.39, 0.29) is 23.7 Å². The van der Waals surface area contributed by atoms with Crippen LogP contribution in [-0.2, 0) is 0 Å². The molecular formula is C12H19ClN2O4. The third kappa shape index (κ3) is 7.38. The largest absolute Gasteiger partial charge is 0.478 e. The molecular weight excluding hydrogens is 272 g/mol. The summed E-state index contributed by atoms with van der Waals surface area (Å²) in [5, 5.41) is 22.1. The van der Waals surface area contributed by atoms with Crippen LogP contribution in [0.5, 0.6) is 0 Å². The molecule has 0 aromatic heterocycles. The lowest BCUT2D eigenvalue weighted by Gasteiger charge is -1.97. The first kappa shape index (κ1) is 19.7. The maximum atomic E-state index is 10.5. The molecule has 1 aromatic rings. The quantitative estimate of drug-likeness (QED) is 0.657. The third-order valence-corrected chi connectivity index (χ3v) is 2.15. The van der Waals surface area contributed by atoms with Crippen LogP contribution in [0.2, 0.25) is 0 Å². The van der Waals surface area contributed by atoms with Gasteiger partial charge in [-0.25, -0.2) is 4.79 Å². The minimum Gasteiger partial charge on any atom is -0.478 e. The van der Waals surface area contributed by atoms with Gasteiger partial charge in [-0.2, -0.15) is 0 Å². The molecule has 0 amide bonds. The average molecular weight is 291 g/mol. The normalized spacial score (nSPS) is 8.79. The molecule has 0 spiro atoms. The Morgan fingerprint density at radius 3 is 2.21 bits per heavy atom. The number of aryl methyl sites for hydroxylation is 1. The Labute approximate surface area is 118 Å². The monoisotopic (exact) mass is 290 g/mol.